The van der Waals surface area contributed by atoms with Gasteiger partial charge in [0.25, 0.3) is 11.8 Å². The predicted molar refractivity (Wildman–Crippen MR) is 92.5 cm³/mol. The molecule has 0 aromatic heterocycles. The summed E-state index contributed by atoms with van der Waals surface area (Å²) in [4.78, 5) is 39.2. The molecule has 0 saturated heterocycles. The lowest BCUT2D eigenvalue weighted by Crippen LogP contribution is -2.47. The van der Waals surface area contributed by atoms with Crippen LogP contribution in [0, 0.1) is 5.92 Å². The molecule has 0 unspecified atom stereocenters. The third-order valence-corrected chi connectivity index (χ3v) is 4.13. The number of hydrogen-bond donors (Lipinski definition) is 0. The van der Waals surface area contributed by atoms with Crippen LogP contribution in [0.1, 0.15) is 34.6 Å². The average molecular weight is 337 g/mol. The number of ketones is 1. The molecule has 1 atom stereocenters. The van der Waals surface area contributed by atoms with E-state index in [4.69, 9.17) is 4.74 Å². The van der Waals surface area contributed by atoms with E-state index in [-0.39, 0.29) is 18.2 Å². The number of carbonyl (C=O) groups excluding carboxylic acids is 3. The van der Waals surface area contributed by atoms with Crippen LogP contribution in [0.3, 0.4) is 0 Å². The first-order valence-electron chi connectivity index (χ1n) is 8.18. The van der Waals surface area contributed by atoms with Crippen molar-refractivity contribution in [2.45, 2.75) is 20.0 Å². The number of rotatable bonds is 4. The number of imide groups is 1. The van der Waals surface area contributed by atoms with Crippen molar-refractivity contribution in [3.63, 3.8) is 0 Å². The molecule has 0 radical (unpaired) electrons. The molecule has 2 aromatic carbocycles. The smallest absolute Gasteiger partial charge is 0.271 e. The molecule has 5 heteroatoms. The average Bonchev–Trinajstić information content (AvgIpc) is 2.73. The molecule has 1 aliphatic heterocycles. The normalized spacial score (nSPS) is 17.1. The Morgan fingerprint density at radius 2 is 1.68 bits per heavy atom. The van der Waals surface area contributed by atoms with Crippen molar-refractivity contribution in [1.29, 1.82) is 0 Å². The van der Waals surface area contributed by atoms with Gasteiger partial charge in [0.15, 0.2) is 11.9 Å². The van der Waals surface area contributed by atoms with Gasteiger partial charge in [0.1, 0.15) is 5.75 Å². The van der Waals surface area contributed by atoms with Crippen LogP contribution in [0.2, 0.25) is 0 Å². The molecule has 25 heavy (non-hydrogen) atoms. The third-order valence-electron chi connectivity index (χ3n) is 4.13. The quantitative estimate of drug-likeness (QED) is 0.636. The molecular weight excluding hydrogens is 318 g/mol. The Kier molecular flexibility index (Phi) is 4.65. The van der Waals surface area contributed by atoms with Crippen LogP contribution in [0.4, 0.5) is 0 Å². The molecule has 0 spiro atoms. The van der Waals surface area contributed by atoms with Crippen LogP contribution in [0.25, 0.3) is 0 Å². The fourth-order valence-corrected chi connectivity index (χ4v) is 2.76. The van der Waals surface area contributed by atoms with Crippen molar-refractivity contribution < 1.29 is 19.1 Å². The number of hydrogen-bond acceptors (Lipinski definition) is 4. The van der Waals surface area contributed by atoms with E-state index in [0.717, 1.165) is 4.90 Å². The first-order valence-corrected chi connectivity index (χ1v) is 8.18. The van der Waals surface area contributed by atoms with E-state index in [1.165, 1.54) is 0 Å². The Morgan fingerprint density at radius 3 is 2.36 bits per heavy atom. The van der Waals surface area contributed by atoms with Crippen LogP contribution < -0.4 is 4.74 Å². The highest BCUT2D eigenvalue weighted by molar-refractivity contribution is 6.12. The maximum Gasteiger partial charge on any atom is 0.271 e. The minimum absolute atomic E-state index is 0.138. The molecule has 5 nitrogen and oxygen atoms in total. The standard InChI is InChI=1S/C20H19NO4/c1-13(2)18-20(24)21(12-16(22)14-8-4-3-5-9-14)19(23)15-10-6-7-11-17(15)25-18/h3-11,13,18H,12H2,1-2H3/t18-/m1/s1. The second-order valence-corrected chi connectivity index (χ2v) is 6.30. The summed E-state index contributed by atoms with van der Waals surface area (Å²) in [7, 11) is 0. The highest BCUT2D eigenvalue weighted by Gasteiger charge is 2.38. The predicted octanol–water partition coefficient (Wildman–Crippen LogP) is 2.96. The first kappa shape index (κ1) is 16.9. The molecule has 2 aromatic rings. The summed E-state index contributed by atoms with van der Waals surface area (Å²) in [6.45, 7) is 3.39. The topological polar surface area (TPSA) is 63.7 Å². The largest absolute Gasteiger partial charge is 0.479 e. The van der Waals surface area contributed by atoms with Gasteiger partial charge in [-0.1, -0.05) is 56.3 Å². The minimum atomic E-state index is -0.809. The van der Waals surface area contributed by atoms with Gasteiger partial charge in [0.05, 0.1) is 12.1 Å². The molecular formula is C20H19NO4. The Morgan fingerprint density at radius 1 is 1.04 bits per heavy atom. The SMILES string of the molecule is CC(C)[C@H]1Oc2ccccc2C(=O)N(CC(=O)c2ccccc2)C1=O. The van der Waals surface area contributed by atoms with E-state index < -0.39 is 17.9 Å². The maximum atomic E-state index is 12.9. The number of Topliss-reactive ketones (excluding diaryl/α,β-unsaturated/α-hetero) is 1. The van der Waals surface area contributed by atoms with Crippen molar-refractivity contribution in [1.82, 2.24) is 4.90 Å². The molecule has 0 bridgehead atoms. The van der Waals surface area contributed by atoms with E-state index in [1.54, 1.807) is 54.6 Å². The van der Waals surface area contributed by atoms with Gasteiger partial charge in [-0.15, -0.1) is 0 Å². The van der Waals surface area contributed by atoms with Gasteiger partial charge in [-0.05, 0) is 18.1 Å². The minimum Gasteiger partial charge on any atom is -0.479 e. The molecule has 2 amide bonds. The zero-order valence-electron chi connectivity index (χ0n) is 14.1. The highest BCUT2D eigenvalue weighted by atomic mass is 16.5. The number of ether oxygens (including phenoxy) is 1. The molecule has 1 aliphatic rings. The number of nitrogens with zero attached hydrogens (tertiary/aromatic N) is 1. The Hall–Kier alpha value is -2.95. The molecule has 1 heterocycles. The fraction of sp³-hybridized carbons (Fsp3) is 0.250. The summed E-state index contributed by atoms with van der Waals surface area (Å²) >= 11 is 0. The maximum absolute atomic E-state index is 12.9. The van der Waals surface area contributed by atoms with Crippen molar-refractivity contribution >= 4 is 17.6 Å². The third kappa shape index (κ3) is 3.31. The van der Waals surface area contributed by atoms with Gasteiger partial charge in [-0.25, -0.2) is 0 Å². The number of amides is 2. The van der Waals surface area contributed by atoms with Crippen LogP contribution in [-0.2, 0) is 4.79 Å². The number of carbonyl (C=O) groups is 3. The summed E-state index contributed by atoms with van der Waals surface area (Å²) in [5.41, 5.74) is 0.752. The lowest BCUT2D eigenvalue weighted by atomic mass is 10.1. The van der Waals surface area contributed by atoms with Gasteiger partial charge in [0.2, 0.25) is 0 Å². The summed E-state index contributed by atoms with van der Waals surface area (Å²) in [6, 6.07) is 15.3. The van der Waals surface area contributed by atoms with Gasteiger partial charge in [-0.3, -0.25) is 19.3 Å². The molecule has 0 N–H and O–H groups in total. The van der Waals surface area contributed by atoms with E-state index >= 15 is 0 Å². The lowest BCUT2D eigenvalue weighted by molar-refractivity contribution is -0.136. The summed E-state index contributed by atoms with van der Waals surface area (Å²) < 4.78 is 5.80. The Bertz CT molecular complexity index is 813. The van der Waals surface area contributed by atoms with Crippen molar-refractivity contribution in [3.05, 3.63) is 65.7 Å². The van der Waals surface area contributed by atoms with Crippen LogP contribution >= 0.6 is 0 Å². The van der Waals surface area contributed by atoms with Crippen molar-refractivity contribution in [2.24, 2.45) is 5.92 Å². The van der Waals surface area contributed by atoms with E-state index in [0.29, 0.717) is 16.9 Å². The van der Waals surface area contributed by atoms with E-state index in [9.17, 15) is 14.4 Å². The van der Waals surface area contributed by atoms with Crippen molar-refractivity contribution in [3.8, 4) is 5.75 Å². The zero-order chi connectivity index (χ0) is 18.0. The van der Waals surface area contributed by atoms with E-state index in [1.807, 2.05) is 13.8 Å². The van der Waals surface area contributed by atoms with Crippen LogP contribution in [0.15, 0.2) is 54.6 Å². The van der Waals surface area contributed by atoms with Gasteiger partial charge < -0.3 is 4.74 Å². The fourth-order valence-electron chi connectivity index (χ4n) is 2.76. The first-order chi connectivity index (χ1) is 12.0. The van der Waals surface area contributed by atoms with Crippen LogP contribution in [0.5, 0.6) is 5.75 Å². The van der Waals surface area contributed by atoms with Crippen LogP contribution in [-0.4, -0.2) is 35.1 Å². The molecule has 0 fully saturated rings. The monoisotopic (exact) mass is 337 g/mol. The molecule has 128 valence electrons. The summed E-state index contributed by atoms with van der Waals surface area (Å²) in [5, 5.41) is 0. The van der Waals surface area contributed by atoms with E-state index in [2.05, 4.69) is 0 Å². The van der Waals surface area contributed by atoms with Gasteiger partial charge in [-0.2, -0.15) is 0 Å². The number of fused-ring (bicyclic) bond motifs is 1. The second-order valence-electron chi connectivity index (χ2n) is 6.30. The highest BCUT2D eigenvalue weighted by Crippen LogP contribution is 2.28. The van der Waals surface area contributed by atoms with Gasteiger partial charge in [0, 0.05) is 5.56 Å². The summed E-state index contributed by atoms with van der Waals surface area (Å²) in [6.07, 6.45) is -0.809. The molecule has 0 saturated carbocycles. The molecule has 3 rings (SSSR count). The number of para-hydroxylation sites is 1. The lowest BCUT2D eigenvalue weighted by Gasteiger charge is -2.24. The number of benzene rings is 2. The Balaban J connectivity index is 1.97. The summed E-state index contributed by atoms with van der Waals surface area (Å²) in [5.74, 6) is -1.05. The van der Waals surface area contributed by atoms with Crippen molar-refractivity contribution in [2.75, 3.05) is 6.54 Å². The molecule has 0 aliphatic carbocycles. The van der Waals surface area contributed by atoms with Gasteiger partial charge >= 0.3 is 0 Å². The zero-order valence-corrected chi connectivity index (χ0v) is 14.1. The second kappa shape index (κ2) is 6.89. The Labute approximate surface area is 146 Å².